The number of aliphatic hydroxyl groups is 1. The third kappa shape index (κ3) is 6.27. The van der Waals surface area contributed by atoms with Crippen LogP contribution < -0.4 is 5.01 Å². The number of hydrogen-bond acceptors (Lipinski definition) is 3. The first-order valence-corrected chi connectivity index (χ1v) is 11.5. The van der Waals surface area contributed by atoms with Crippen LogP contribution in [0.25, 0.3) is 0 Å². The summed E-state index contributed by atoms with van der Waals surface area (Å²) in [7, 11) is 0. The minimum atomic E-state index is -0.488. The fraction of sp³-hybridized carbons (Fsp3) is 0.462. The van der Waals surface area contributed by atoms with Crippen LogP contribution in [-0.4, -0.2) is 28.5 Å². The van der Waals surface area contributed by atoms with E-state index in [-0.39, 0.29) is 50.9 Å². The molecule has 1 saturated carbocycles. The zero-order chi connectivity index (χ0) is 21.6. The molecular weight excluding hydrogens is 477 g/mol. The zero-order valence-corrected chi connectivity index (χ0v) is 21.4. The summed E-state index contributed by atoms with van der Waals surface area (Å²) in [4.78, 5) is 24.9. The number of benzene rings is 2. The largest absolute Gasteiger partial charge is 0.388 e. The second kappa shape index (κ2) is 12.1. The molecule has 1 radical (unpaired) electrons. The van der Waals surface area contributed by atoms with Crippen LogP contribution in [0.3, 0.4) is 0 Å². The van der Waals surface area contributed by atoms with E-state index in [1.165, 1.54) is 42.1 Å². The van der Waals surface area contributed by atoms with Crippen LogP contribution in [0.2, 0.25) is 0 Å². The fourth-order valence-electron chi connectivity index (χ4n) is 4.75. The van der Waals surface area contributed by atoms with Crippen molar-refractivity contribution < 1.29 is 47.4 Å². The molecule has 1 aliphatic carbocycles. The molecule has 4 rings (SSSR count). The molecule has 0 spiro atoms. The van der Waals surface area contributed by atoms with E-state index in [1.54, 1.807) is 0 Å². The third-order valence-electron chi connectivity index (χ3n) is 6.56. The number of rotatable bonds is 8. The Morgan fingerprint density at radius 3 is 2.34 bits per heavy atom. The van der Waals surface area contributed by atoms with Gasteiger partial charge >= 0.3 is 0 Å². The van der Waals surface area contributed by atoms with Crippen molar-refractivity contribution in [2.24, 2.45) is 5.92 Å². The van der Waals surface area contributed by atoms with E-state index in [1.807, 2.05) is 48.5 Å². The first kappa shape index (κ1) is 25.1. The molecule has 1 saturated heterocycles. The zero-order valence-electron chi connectivity index (χ0n) is 18.6. The van der Waals surface area contributed by atoms with Gasteiger partial charge in [-0.1, -0.05) is 44.2 Å². The minimum Gasteiger partial charge on any atom is -0.388 e. The fourth-order valence-corrected chi connectivity index (χ4v) is 4.75. The van der Waals surface area contributed by atoms with E-state index < -0.39 is 6.10 Å². The van der Waals surface area contributed by atoms with Gasteiger partial charge in [0.15, 0.2) is 0 Å². The maximum atomic E-state index is 12.5. The van der Waals surface area contributed by atoms with Gasteiger partial charge in [-0.15, -0.1) is 0 Å². The van der Waals surface area contributed by atoms with Crippen molar-refractivity contribution in [1.29, 1.82) is 0 Å². The summed E-state index contributed by atoms with van der Waals surface area (Å²) in [6, 6.07) is 18.0. The molecule has 2 aromatic carbocycles. The van der Waals surface area contributed by atoms with E-state index in [4.69, 9.17) is 0 Å². The second-order valence-electron chi connectivity index (χ2n) is 8.75. The van der Waals surface area contributed by atoms with Gasteiger partial charge in [0, 0.05) is 39.3 Å². The van der Waals surface area contributed by atoms with Gasteiger partial charge in [0.25, 0.3) is 11.8 Å². The topological polar surface area (TPSA) is 60.9 Å². The summed E-state index contributed by atoms with van der Waals surface area (Å²) >= 11 is 0. The average molecular weight is 508 g/mol. The molecule has 32 heavy (non-hydrogen) atoms. The van der Waals surface area contributed by atoms with Crippen LogP contribution in [0.15, 0.2) is 48.5 Å². The van der Waals surface area contributed by atoms with Gasteiger partial charge in [-0.05, 0) is 42.9 Å². The molecule has 1 heterocycles. The van der Waals surface area contributed by atoms with E-state index in [0.717, 1.165) is 29.9 Å². The second-order valence-corrected chi connectivity index (χ2v) is 8.75. The molecule has 1 atom stereocenters. The number of hydrogen-bond donors (Lipinski definition) is 1. The Labute approximate surface area is 216 Å². The Hall–Kier alpha value is -1.56. The van der Waals surface area contributed by atoms with Gasteiger partial charge in [0.1, 0.15) is 6.42 Å². The molecule has 5 nitrogen and oxygen atoms in total. The Bertz CT molecular complexity index is 882. The quantitative estimate of drug-likeness (QED) is 0.419. The van der Waals surface area contributed by atoms with Crippen molar-refractivity contribution in [3.8, 4) is 0 Å². The van der Waals surface area contributed by atoms with Crippen LogP contribution in [0.1, 0.15) is 68.6 Å². The summed E-state index contributed by atoms with van der Waals surface area (Å²) in [5, 5.41) is 13.6. The number of carbonyl (C=O) groups excluding carboxylic acids is 2. The first-order valence-electron chi connectivity index (χ1n) is 11.5. The van der Waals surface area contributed by atoms with Gasteiger partial charge in [-0.2, -0.15) is 35.9 Å². The van der Waals surface area contributed by atoms with Gasteiger partial charge in [0.05, 0.1) is 11.8 Å². The van der Waals surface area contributed by atoms with E-state index >= 15 is 0 Å². The van der Waals surface area contributed by atoms with E-state index in [2.05, 4.69) is 6.07 Å². The molecule has 2 amide bonds. The molecular formula is C26H31N2O3Y-. The Kier molecular flexibility index (Phi) is 9.45. The molecule has 2 fully saturated rings. The minimum absolute atomic E-state index is 0. The number of amides is 2. The van der Waals surface area contributed by atoms with Crippen molar-refractivity contribution in [1.82, 2.24) is 5.01 Å². The van der Waals surface area contributed by atoms with Crippen LogP contribution in [0, 0.1) is 12.0 Å². The first-order chi connectivity index (χ1) is 15.1. The molecule has 167 valence electrons. The number of carbonyl (C=O) groups is 2. The van der Waals surface area contributed by atoms with Crippen LogP contribution >= 0.6 is 0 Å². The number of hydrazine groups is 1. The molecule has 2 aromatic rings. The smallest absolute Gasteiger partial charge is 0.255 e. The van der Waals surface area contributed by atoms with Crippen LogP contribution in [0.4, 0.5) is 5.69 Å². The SMILES string of the molecule is O=C1CC(=O)N(c2ccc(C(O)CCC3CCCCC3)cc2)N1CCc1cc[c-]cc1.[Y]. The van der Waals surface area contributed by atoms with Crippen molar-refractivity contribution in [3.05, 3.63) is 65.7 Å². The average Bonchev–Trinajstić information content (AvgIpc) is 3.10. The van der Waals surface area contributed by atoms with Gasteiger partial charge < -0.3 is 5.11 Å². The van der Waals surface area contributed by atoms with Gasteiger partial charge in [-0.3, -0.25) is 9.59 Å². The van der Waals surface area contributed by atoms with E-state index in [9.17, 15) is 14.7 Å². The number of nitrogens with zero attached hydrogens (tertiary/aromatic N) is 2. The third-order valence-corrected chi connectivity index (χ3v) is 6.56. The Morgan fingerprint density at radius 1 is 0.969 bits per heavy atom. The summed E-state index contributed by atoms with van der Waals surface area (Å²) in [5.74, 6) is 0.355. The van der Waals surface area contributed by atoms with Crippen LogP contribution in [0.5, 0.6) is 0 Å². The van der Waals surface area contributed by atoms with Crippen molar-refractivity contribution >= 4 is 17.5 Å². The van der Waals surface area contributed by atoms with E-state index in [0.29, 0.717) is 18.7 Å². The molecule has 2 aliphatic rings. The van der Waals surface area contributed by atoms with Crippen molar-refractivity contribution in [2.45, 2.75) is 63.9 Å². The number of aliphatic hydroxyl groups excluding tert-OH is 1. The summed E-state index contributed by atoms with van der Waals surface area (Å²) < 4.78 is 0. The molecule has 6 heteroatoms. The van der Waals surface area contributed by atoms with Gasteiger partial charge in [-0.25, -0.2) is 10.0 Å². The monoisotopic (exact) mass is 508 g/mol. The summed E-state index contributed by atoms with van der Waals surface area (Å²) in [5.41, 5.74) is 2.63. The molecule has 1 N–H and O–H groups in total. The summed E-state index contributed by atoms with van der Waals surface area (Å²) in [6.07, 6.45) is 8.46. The molecule has 1 unspecified atom stereocenters. The molecule has 0 bridgehead atoms. The molecule has 0 aromatic heterocycles. The number of anilines is 1. The van der Waals surface area contributed by atoms with Crippen molar-refractivity contribution in [2.75, 3.05) is 11.6 Å². The normalized spacial score (nSPS) is 18.0. The Balaban J connectivity index is 0.00000289. The Morgan fingerprint density at radius 2 is 1.66 bits per heavy atom. The standard InChI is InChI=1S/C26H31N2O3.Y/c29-24(16-11-20-7-3-1-4-8-20)22-12-14-23(15-13-22)28-26(31)19-25(30)27(28)18-17-21-9-5-2-6-10-21;/h5-6,9-10,12-15,20,24,29H,1,3-4,7-8,11,16-19H2;/q-1;. The molecule has 1 aliphatic heterocycles. The summed E-state index contributed by atoms with van der Waals surface area (Å²) in [6.45, 7) is 0.445. The predicted molar refractivity (Wildman–Crippen MR) is 120 cm³/mol. The van der Waals surface area contributed by atoms with Crippen molar-refractivity contribution in [3.63, 3.8) is 0 Å². The maximum absolute atomic E-state index is 12.5. The van der Waals surface area contributed by atoms with Crippen LogP contribution in [-0.2, 0) is 48.7 Å². The predicted octanol–water partition coefficient (Wildman–Crippen LogP) is 4.60. The van der Waals surface area contributed by atoms with Gasteiger partial charge in [0.2, 0.25) is 0 Å². The maximum Gasteiger partial charge on any atom is 0.255 e.